The van der Waals surface area contributed by atoms with E-state index in [1.807, 2.05) is 0 Å². The van der Waals surface area contributed by atoms with Gasteiger partial charge in [-0.1, -0.05) is 108 Å². The number of hydrogen-bond acceptors (Lipinski definition) is 1. The normalized spacial score (nSPS) is 14.1. The Morgan fingerprint density at radius 3 is 1.80 bits per heavy atom. The summed E-state index contributed by atoms with van der Waals surface area (Å²) < 4.78 is 2.40. The number of fused-ring (bicyclic) bond motifs is 3. The van der Waals surface area contributed by atoms with E-state index in [0.29, 0.717) is 0 Å². The molecule has 4 aromatic rings. The van der Waals surface area contributed by atoms with Crippen LogP contribution in [-0.4, -0.2) is 8.07 Å². The highest BCUT2D eigenvalue weighted by Gasteiger charge is 2.44. The van der Waals surface area contributed by atoms with Crippen LogP contribution < -0.4 is 15.3 Å². The number of anilines is 2. The van der Waals surface area contributed by atoms with Crippen LogP contribution in [0.3, 0.4) is 0 Å². The Bertz CT molecular complexity index is 1290. The van der Waals surface area contributed by atoms with E-state index in [0.717, 1.165) is 6.54 Å². The first-order valence-corrected chi connectivity index (χ1v) is 16.9. The van der Waals surface area contributed by atoms with Crippen LogP contribution in [0.2, 0.25) is 12.1 Å². The molecule has 0 N–H and O–H groups in total. The van der Waals surface area contributed by atoms with E-state index in [1.165, 1.54) is 74.4 Å². The van der Waals surface area contributed by atoms with E-state index in [9.17, 15) is 0 Å². The van der Waals surface area contributed by atoms with Crippen molar-refractivity contribution in [2.45, 2.75) is 58.2 Å². The van der Waals surface area contributed by atoms with Gasteiger partial charge in [-0.2, -0.15) is 0 Å². The highest BCUT2D eigenvalue weighted by atomic mass is 79.9. The molecular weight excluding hydrogens is 574 g/mol. The summed E-state index contributed by atoms with van der Waals surface area (Å²) in [5.41, 5.74) is 4.17. The van der Waals surface area contributed by atoms with Crippen molar-refractivity contribution in [2.24, 2.45) is 0 Å². The quantitative estimate of drug-likeness (QED) is 0.181. The van der Waals surface area contributed by atoms with E-state index in [2.05, 4.69) is 129 Å². The third kappa shape index (κ3) is 4.77. The molecule has 5 rings (SSSR count). The first-order valence-electron chi connectivity index (χ1n) is 12.9. The van der Waals surface area contributed by atoms with Crippen molar-refractivity contribution in [3.8, 4) is 0 Å². The summed E-state index contributed by atoms with van der Waals surface area (Å²) in [5.74, 6) is 0. The van der Waals surface area contributed by atoms with Crippen molar-refractivity contribution in [1.82, 2.24) is 0 Å². The van der Waals surface area contributed by atoms with Crippen molar-refractivity contribution >= 4 is 72.5 Å². The average molecular weight is 608 g/mol. The number of benzene rings is 4. The van der Waals surface area contributed by atoms with Gasteiger partial charge >= 0.3 is 0 Å². The van der Waals surface area contributed by atoms with Gasteiger partial charge in [-0.15, -0.1) is 0 Å². The lowest BCUT2D eigenvalue weighted by Crippen LogP contribution is -2.63. The summed E-state index contributed by atoms with van der Waals surface area (Å²) in [4.78, 5) is 2.58. The lowest BCUT2D eigenvalue weighted by atomic mass is 10.1. The highest BCUT2D eigenvalue weighted by Crippen LogP contribution is 2.39. The zero-order chi connectivity index (χ0) is 24.4. The molecule has 180 valence electrons. The van der Waals surface area contributed by atoms with Gasteiger partial charge in [0.1, 0.15) is 8.07 Å². The Morgan fingerprint density at radius 2 is 1.23 bits per heavy atom. The predicted octanol–water partition coefficient (Wildman–Crippen LogP) is 9.18. The minimum absolute atomic E-state index is 0.875. The van der Waals surface area contributed by atoms with E-state index >= 15 is 0 Å². The van der Waals surface area contributed by atoms with E-state index in [-0.39, 0.29) is 0 Å². The summed E-state index contributed by atoms with van der Waals surface area (Å²) >= 11 is 7.68. The van der Waals surface area contributed by atoms with Crippen LogP contribution in [0.15, 0.2) is 87.8 Å². The first-order chi connectivity index (χ1) is 17.1. The minimum atomic E-state index is -1.93. The second-order valence-electron chi connectivity index (χ2n) is 9.88. The number of halogens is 2. The summed E-state index contributed by atoms with van der Waals surface area (Å²) in [5, 5.41) is 5.83. The maximum Gasteiger partial charge on any atom is 0.123 e. The predicted molar refractivity (Wildman–Crippen MR) is 163 cm³/mol. The number of unbranched alkanes of at least 4 members (excludes halogenated alkanes) is 2. The fourth-order valence-corrected chi connectivity index (χ4v) is 12.8. The van der Waals surface area contributed by atoms with Crippen LogP contribution in [0.25, 0.3) is 10.8 Å². The van der Waals surface area contributed by atoms with Crippen LogP contribution in [-0.2, 0) is 6.54 Å². The van der Waals surface area contributed by atoms with Gasteiger partial charge in [0.15, 0.2) is 0 Å². The molecule has 1 heterocycles. The molecule has 1 aliphatic heterocycles. The molecule has 0 amide bonds. The van der Waals surface area contributed by atoms with Crippen molar-refractivity contribution in [3.63, 3.8) is 0 Å². The van der Waals surface area contributed by atoms with Gasteiger partial charge in [-0.05, 0) is 81.3 Å². The molecule has 0 bridgehead atoms. The van der Waals surface area contributed by atoms with Gasteiger partial charge in [-0.3, -0.25) is 0 Å². The van der Waals surface area contributed by atoms with Crippen LogP contribution in [0.4, 0.5) is 11.4 Å². The van der Waals surface area contributed by atoms with Crippen LogP contribution in [0.5, 0.6) is 0 Å². The Kier molecular flexibility index (Phi) is 7.52. The molecule has 35 heavy (non-hydrogen) atoms. The molecular formula is C31H33Br2NSi. The number of nitrogens with zero attached hydrogens (tertiary/aromatic N) is 1. The molecule has 0 saturated heterocycles. The Hall–Kier alpha value is -1.88. The Morgan fingerprint density at radius 1 is 0.657 bits per heavy atom. The SMILES string of the molecule is CCCC[Si]1(CCCC)c2cc(Br)ccc2N(Cc2ccc3ccccc3c2)c2ccc(Br)cc21. The molecule has 0 aromatic heterocycles. The van der Waals surface area contributed by atoms with Gasteiger partial charge in [0.05, 0.1) is 0 Å². The smallest absolute Gasteiger partial charge is 0.123 e. The van der Waals surface area contributed by atoms with Gasteiger partial charge in [0, 0.05) is 26.9 Å². The monoisotopic (exact) mass is 605 g/mol. The Balaban J connectivity index is 1.69. The Labute approximate surface area is 227 Å². The van der Waals surface area contributed by atoms with Crippen LogP contribution >= 0.6 is 31.9 Å². The van der Waals surface area contributed by atoms with Crippen molar-refractivity contribution in [2.75, 3.05) is 4.90 Å². The molecule has 0 radical (unpaired) electrons. The molecule has 4 heteroatoms. The fraction of sp³-hybridized carbons (Fsp3) is 0.290. The summed E-state index contributed by atoms with van der Waals surface area (Å²) in [6, 6.07) is 32.3. The van der Waals surface area contributed by atoms with E-state index in [1.54, 1.807) is 10.4 Å². The molecule has 0 atom stereocenters. The van der Waals surface area contributed by atoms with E-state index < -0.39 is 8.07 Å². The average Bonchev–Trinajstić information content (AvgIpc) is 2.88. The fourth-order valence-electron chi connectivity index (χ4n) is 5.84. The molecule has 0 saturated carbocycles. The van der Waals surface area contributed by atoms with Gasteiger partial charge < -0.3 is 4.90 Å². The molecule has 1 aliphatic rings. The van der Waals surface area contributed by atoms with Crippen LogP contribution in [0, 0.1) is 0 Å². The van der Waals surface area contributed by atoms with E-state index in [4.69, 9.17) is 0 Å². The largest absolute Gasteiger partial charge is 0.337 e. The second kappa shape index (κ2) is 10.6. The third-order valence-corrected chi connectivity index (χ3v) is 13.9. The van der Waals surface area contributed by atoms with Gasteiger partial charge in [-0.25, -0.2) is 0 Å². The zero-order valence-corrected chi connectivity index (χ0v) is 24.8. The topological polar surface area (TPSA) is 3.24 Å². The van der Waals surface area contributed by atoms with Gasteiger partial charge in [0.2, 0.25) is 0 Å². The number of hydrogen-bond donors (Lipinski definition) is 0. The summed E-state index contributed by atoms with van der Waals surface area (Å²) in [6.45, 7) is 5.54. The maximum atomic E-state index is 3.84. The van der Waals surface area contributed by atoms with Crippen molar-refractivity contribution < 1.29 is 0 Å². The van der Waals surface area contributed by atoms with Crippen LogP contribution in [0.1, 0.15) is 45.1 Å². The highest BCUT2D eigenvalue weighted by molar-refractivity contribution is 9.10. The number of rotatable bonds is 8. The maximum absolute atomic E-state index is 3.84. The molecule has 0 spiro atoms. The third-order valence-electron chi connectivity index (χ3n) is 7.60. The molecule has 1 nitrogen and oxygen atoms in total. The lowest BCUT2D eigenvalue weighted by molar-refractivity contribution is 0.835. The molecule has 0 unspecified atom stereocenters. The molecule has 0 aliphatic carbocycles. The van der Waals surface area contributed by atoms with Gasteiger partial charge in [0.25, 0.3) is 0 Å². The summed E-state index contributed by atoms with van der Waals surface area (Å²) in [7, 11) is -1.93. The minimum Gasteiger partial charge on any atom is -0.337 e. The summed E-state index contributed by atoms with van der Waals surface area (Å²) in [6.07, 6.45) is 5.07. The van der Waals surface area contributed by atoms with Crippen molar-refractivity contribution in [3.05, 3.63) is 93.4 Å². The lowest BCUT2D eigenvalue weighted by Gasteiger charge is -2.45. The molecule has 0 fully saturated rings. The second-order valence-corrected chi connectivity index (χ2v) is 16.0. The first kappa shape index (κ1) is 24.8. The standard InChI is InChI=1S/C31H33Br2NSi/c1-3-5-17-35(18-6-4-2)30-20-26(32)13-15-28(30)34(29-16-14-27(33)21-31(29)35)22-23-11-12-24-9-7-8-10-25(24)19-23/h7-16,19-21H,3-6,17-18,22H2,1-2H3. The van der Waals surface area contributed by atoms with Crippen molar-refractivity contribution in [1.29, 1.82) is 0 Å². The zero-order valence-electron chi connectivity index (χ0n) is 20.7. The molecule has 4 aromatic carbocycles.